The van der Waals surface area contributed by atoms with Crippen molar-refractivity contribution in [2.75, 3.05) is 7.11 Å². The standard InChI is InChI=1S/C18H15BrFNO4/c1-24-17(22)16(9-13-7-8-14(20)10-15(13)19)21-18(23)25-11-12-5-3-2-4-6-12/h2-10H,11H2,1H3,(H,21,23)/b16-9-. The molecule has 2 aromatic carbocycles. The van der Waals surface area contributed by atoms with Crippen molar-refractivity contribution < 1.29 is 23.5 Å². The lowest BCUT2D eigenvalue weighted by atomic mass is 10.2. The van der Waals surface area contributed by atoms with Crippen LogP contribution in [0.3, 0.4) is 0 Å². The summed E-state index contributed by atoms with van der Waals surface area (Å²) in [6.45, 7) is 0.0569. The van der Waals surface area contributed by atoms with E-state index in [-0.39, 0.29) is 12.3 Å². The van der Waals surface area contributed by atoms with Crippen LogP contribution in [0.2, 0.25) is 0 Å². The Hall–Kier alpha value is -2.67. The number of ether oxygens (including phenoxy) is 2. The number of nitrogens with one attached hydrogen (secondary N) is 1. The minimum Gasteiger partial charge on any atom is -0.464 e. The number of methoxy groups -OCH3 is 1. The van der Waals surface area contributed by atoms with E-state index in [0.29, 0.717) is 10.0 Å². The van der Waals surface area contributed by atoms with Gasteiger partial charge in [-0.3, -0.25) is 5.32 Å². The highest BCUT2D eigenvalue weighted by molar-refractivity contribution is 9.10. The number of hydrogen-bond acceptors (Lipinski definition) is 4. The summed E-state index contributed by atoms with van der Waals surface area (Å²) in [5.74, 6) is -1.19. The molecule has 0 spiro atoms. The van der Waals surface area contributed by atoms with E-state index in [1.807, 2.05) is 18.2 Å². The van der Waals surface area contributed by atoms with Gasteiger partial charge in [-0.2, -0.15) is 0 Å². The van der Waals surface area contributed by atoms with E-state index in [4.69, 9.17) is 4.74 Å². The largest absolute Gasteiger partial charge is 0.464 e. The lowest BCUT2D eigenvalue weighted by Crippen LogP contribution is -2.28. The van der Waals surface area contributed by atoms with Gasteiger partial charge in [-0.05, 0) is 29.3 Å². The normalized spacial score (nSPS) is 10.9. The van der Waals surface area contributed by atoms with E-state index in [2.05, 4.69) is 26.0 Å². The van der Waals surface area contributed by atoms with Crippen molar-refractivity contribution in [3.8, 4) is 0 Å². The number of halogens is 2. The van der Waals surface area contributed by atoms with E-state index in [1.165, 1.54) is 31.4 Å². The van der Waals surface area contributed by atoms with Crippen molar-refractivity contribution in [1.82, 2.24) is 5.32 Å². The van der Waals surface area contributed by atoms with Crippen molar-refractivity contribution in [2.45, 2.75) is 6.61 Å². The molecule has 1 N–H and O–H groups in total. The lowest BCUT2D eigenvalue weighted by Gasteiger charge is -2.10. The predicted octanol–water partition coefficient (Wildman–Crippen LogP) is 4.03. The van der Waals surface area contributed by atoms with Crippen LogP contribution < -0.4 is 5.32 Å². The quantitative estimate of drug-likeness (QED) is 0.600. The molecule has 7 heteroatoms. The first-order chi connectivity index (χ1) is 12.0. The number of alkyl carbamates (subject to hydrolysis) is 1. The molecule has 0 saturated heterocycles. The minimum atomic E-state index is -0.807. The van der Waals surface area contributed by atoms with Gasteiger partial charge in [0.1, 0.15) is 18.1 Å². The van der Waals surface area contributed by atoms with E-state index < -0.39 is 17.9 Å². The first-order valence-electron chi connectivity index (χ1n) is 7.22. The van der Waals surface area contributed by atoms with Crippen LogP contribution in [0.25, 0.3) is 6.08 Å². The van der Waals surface area contributed by atoms with Gasteiger partial charge in [0.2, 0.25) is 0 Å². The minimum absolute atomic E-state index is 0.0569. The zero-order valence-corrected chi connectivity index (χ0v) is 14.9. The van der Waals surface area contributed by atoms with Crippen molar-refractivity contribution in [1.29, 1.82) is 0 Å². The number of carbonyl (C=O) groups is 2. The molecule has 0 radical (unpaired) electrons. The third kappa shape index (κ3) is 5.72. The highest BCUT2D eigenvalue weighted by atomic mass is 79.9. The Morgan fingerprint density at radius 2 is 1.92 bits per heavy atom. The number of carbonyl (C=O) groups excluding carboxylic acids is 2. The van der Waals surface area contributed by atoms with Gasteiger partial charge in [0.25, 0.3) is 0 Å². The van der Waals surface area contributed by atoms with Crippen LogP contribution in [0.15, 0.2) is 58.7 Å². The number of rotatable bonds is 5. The Balaban J connectivity index is 2.10. The maximum Gasteiger partial charge on any atom is 0.412 e. The number of amides is 1. The summed E-state index contributed by atoms with van der Waals surface area (Å²) in [5, 5.41) is 2.34. The van der Waals surface area contributed by atoms with Crippen molar-refractivity contribution in [3.63, 3.8) is 0 Å². The zero-order chi connectivity index (χ0) is 18.2. The van der Waals surface area contributed by atoms with Gasteiger partial charge in [0.15, 0.2) is 0 Å². The van der Waals surface area contributed by atoms with Crippen LogP contribution >= 0.6 is 15.9 Å². The molecule has 0 atom stereocenters. The van der Waals surface area contributed by atoms with E-state index in [9.17, 15) is 14.0 Å². The summed E-state index contributed by atoms with van der Waals surface area (Å²) < 4.78 is 23.3. The van der Waals surface area contributed by atoms with Crippen LogP contribution in [0.4, 0.5) is 9.18 Å². The summed E-state index contributed by atoms with van der Waals surface area (Å²) in [7, 11) is 1.19. The smallest absolute Gasteiger partial charge is 0.412 e. The second-order valence-corrected chi connectivity index (χ2v) is 5.76. The molecule has 2 rings (SSSR count). The topological polar surface area (TPSA) is 64.6 Å². The monoisotopic (exact) mass is 407 g/mol. The maximum absolute atomic E-state index is 13.1. The number of benzene rings is 2. The summed E-state index contributed by atoms with van der Waals surface area (Å²) in [6, 6.07) is 13.0. The molecule has 0 unspecified atom stereocenters. The van der Waals surface area contributed by atoms with Gasteiger partial charge < -0.3 is 9.47 Å². The third-order valence-electron chi connectivity index (χ3n) is 3.12. The molecule has 5 nitrogen and oxygen atoms in total. The summed E-state index contributed by atoms with van der Waals surface area (Å²) in [4.78, 5) is 23.8. The molecule has 0 aromatic heterocycles. The molecule has 0 fully saturated rings. The Bertz CT molecular complexity index is 793. The highest BCUT2D eigenvalue weighted by Crippen LogP contribution is 2.20. The third-order valence-corrected chi connectivity index (χ3v) is 3.80. The second kappa shape index (κ2) is 8.98. The molecule has 0 heterocycles. The molecule has 0 aliphatic carbocycles. The van der Waals surface area contributed by atoms with Crippen LogP contribution in [0.5, 0.6) is 0 Å². The average Bonchev–Trinajstić information content (AvgIpc) is 2.61. The van der Waals surface area contributed by atoms with Gasteiger partial charge in [-0.25, -0.2) is 14.0 Å². The average molecular weight is 408 g/mol. The first kappa shape index (κ1) is 18.7. The predicted molar refractivity (Wildman–Crippen MR) is 93.9 cm³/mol. The highest BCUT2D eigenvalue weighted by Gasteiger charge is 2.15. The van der Waals surface area contributed by atoms with Crippen LogP contribution in [-0.2, 0) is 20.9 Å². The van der Waals surface area contributed by atoms with E-state index >= 15 is 0 Å². The Kier molecular flexibility index (Phi) is 6.71. The number of hydrogen-bond donors (Lipinski definition) is 1. The molecular formula is C18H15BrFNO4. The Labute approximate surface area is 152 Å². The van der Waals surface area contributed by atoms with E-state index in [1.54, 1.807) is 12.1 Å². The fraction of sp³-hybridized carbons (Fsp3) is 0.111. The summed E-state index contributed by atoms with van der Waals surface area (Å²) in [6.07, 6.45) is 0.554. The molecule has 2 aromatic rings. The fourth-order valence-electron chi connectivity index (χ4n) is 1.90. The van der Waals surface area contributed by atoms with Gasteiger partial charge >= 0.3 is 12.1 Å². The molecule has 0 aliphatic heterocycles. The Morgan fingerprint density at radius 1 is 1.20 bits per heavy atom. The summed E-state index contributed by atoms with van der Waals surface area (Å²) in [5.41, 5.74) is 1.17. The lowest BCUT2D eigenvalue weighted by molar-refractivity contribution is -0.136. The maximum atomic E-state index is 13.1. The van der Waals surface area contributed by atoms with Gasteiger partial charge in [-0.1, -0.05) is 52.3 Å². The molecular weight excluding hydrogens is 393 g/mol. The molecule has 1 amide bonds. The zero-order valence-electron chi connectivity index (χ0n) is 13.3. The Morgan fingerprint density at radius 3 is 2.56 bits per heavy atom. The molecule has 0 bridgehead atoms. The second-order valence-electron chi connectivity index (χ2n) is 4.90. The molecule has 130 valence electrons. The molecule has 0 aliphatic rings. The van der Waals surface area contributed by atoms with E-state index in [0.717, 1.165) is 5.56 Å². The van der Waals surface area contributed by atoms with Crippen LogP contribution in [0, 0.1) is 5.82 Å². The van der Waals surface area contributed by atoms with Crippen molar-refractivity contribution >= 4 is 34.1 Å². The fourth-order valence-corrected chi connectivity index (χ4v) is 2.36. The molecule has 0 saturated carbocycles. The van der Waals surface area contributed by atoms with Crippen LogP contribution in [-0.4, -0.2) is 19.2 Å². The van der Waals surface area contributed by atoms with Gasteiger partial charge in [-0.15, -0.1) is 0 Å². The SMILES string of the molecule is COC(=O)/C(=C/c1ccc(F)cc1Br)NC(=O)OCc1ccccc1. The number of esters is 1. The van der Waals surface area contributed by atoms with Crippen LogP contribution in [0.1, 0.15) is 11.1 Å². The first-order valence-corrected chi connectivity index (χ1v) is 8.01. The van der Waals surface area contributed by atoms with Crippen molar-refractivity contribution in [3.05, 3.63) is 75.6 Å². The molecule has 25 heavy (non-hydrogen) atoms. The summed E-state index contributed by atoms with van der Waals surface area (Å²) >= 11 is 3.19. The van der Waals surface area contributed by atoms with Crippen molar-refractivity contribution in [2.24, 2.45) is 0 Å². The van der Waals surface area contributed by atoms with Gasteiger partial charge in [0, 0.05) is 4.47 Å². The van der Waals surface area contributed by atoms with Gasteiger partial charge in [0.05, 0.1) is 7.11 Å².